The van der Waals surface area contributed by atoms with Crippen molar-refractivity contribution in [1.29, 1.82) is 0 Å². The third-order valence-corrected chi connectivity index (χ3v) is 4.15. The number of aryl methyl sites for hydroxylation is 1. The van der Waals surface area contributed by atoms with Gasteiger partial charge in [0.25, 0.3) is 0 Å². The summed E-state index contributed by atoms with van der Waals surface area (Å²) in [5.74, 6) is 1.80. The molecule has 1 unspecified atom stereocenters. The fraction of sp³-hybridized carbons (Fsp3) is 0.600. The molecule has 0 N–H and O–H groups in total. The van der Waals surface area contributed by atoms with Crippen molar-refractivity contribution >= 4 is 15.9 Å². The fourth-order valence-corrected chi connectivity index (χ4v) is 2.86. The molecular weight excluding hydrogens is 290 g/mol. The maximum Gasteiger partial charge on any atom is 0.133 e. The Morgan fingerprint density at radius 2 is 2.28 bits per heavy atom. The van der Waals surface area contributed by atoms with E-state index in [0.717, 1.165) is 29.3 Å². The Balaban J connectivity index is 1.79. The summed E-state index contributed by atoms with van der Waals surface area (Å²) in [6.07, 6.45) is 2.70. The predicted octanol–water partition coefficient (Wildman–Crippen LogP) is 3.87. The molecule has 1 fully saturated rings. The van der Waals surface area contributed by atoms with E-state index in [1.54, 1.807) is 0 Å². The molecule has 1 atom stereocenters. The van der Waals surface area contributed by atoms with Crippen LogP contribution in [0.1, 0.15) is 25.3 Å². The maximum absolute atomic E-state index is 5.87. The molecule has 2 nitrogen and oxygen atoms in total. The molecule has 0 radical (unpaired) electrons. The van der Waals surface area contributed by atoms with Gasteiger partial charge in [0.05, 0.1) is 4.47 Å². The van der Waals surface area contributed by atoms with Gasteiger partial charge in [0, 0.05) is 13.1 Å². The average Bonchev–Trinajstić information content (AvgIpc) is 2.34. The first-order valence-corrected chi connectivity index (χ1v) is 7.56. The number of halogens is 1. The first kappa shape index (κ1) is 13.9. The second kappa shape index (κ2) is 6.58. The molecule has 0 aromatic heterocycles. The smallest absolute Gasteiger partial charge is 0.133 e. The van der Waals surface area contributed by atoms with E-state index in [1.165, 1.54) is 31.5 Å². The minimum absolute atomic E-state index is 0.773. The summed E-state index contributed by atoms with van der Waals surface area (Å²) < 4.78 is 6.91. The molecule has 0 bridgehead atoms. The number of ether oxygens (including phenoxy) is 1. The van der Waals surface area contributed by atoms with Crippen molar-refractivity contribution in [2.45, 2.75) is 26.7 Å². The Kier molecular flexibility index (Phi) is 5.07. The summed E-state index contributed by atoms with van der Waals surface area (Å²) >= 11 is 3.53. The molecule has 3 heteroatoms. The monoisotopic (exact) mass is 311 g/mol. The van der Waals surface area contributed by atoms with Crippen LogP contribution < -0.4 is 4.74 Å². The van der Waals surface area contributed by atoms with E-state index in [4.69, 9.17) is 4.74 Å². The second-order valence-corrected chi connectivity index (χ2v) is 6.18. The largest absolute Gasteiger partial charge is 0.491 e. The van der Waals surface area contributed by atoms with Crippen molar-refractivity contribution in [2.24, 2.45) is 5.92 Å². The molecule has 1 aromatic carbocycles. The number of hydrogen-bond donors (Lipinski definition) is 0. The molecule has 100 valence electrons. The van der Waals surface area contributed by atoms with Gasteiger partial charge in [-0.15, -0.1) is 0 Å². The van der Waals surface area contributed by atoms with Crippen LogP contribution in [0.25, 0.3) is 0 Å². The Bertz CT molecular complexity index is 394. The Hall–Kier alpha value is -0.540. The van der Waals surface area contributed by atoms with E-state index in [1.807, 2.05) is 6.07 Å². The first-order valence-electron chi connectivity index (χ1n) is 6.76. The van der Waals surface area contributed by atoms with Crippen LogP contribution >= 0.6 is 15.9 Å². The standard InChI is InChI=1S/C15H22BrNO/c1-12-5-6-14(16)15(10-12)18-9-8-17-7-3-4-13(2)11-17/h5-6,10,13H,3-4,7-9,11H2,1-2H3. The quantitative estimate of drug-likeness (QED) is 0.837. The molecule has 1 saturated heterocycles. The van der Waals surface area contributed by atoms with Crippen LogP contribution in [0.5, 0.6) is 5.75 Å². The van der Waals surface area contributed by atoms with E-state index < -0.39 is 0 Å². The molecule has 1 aliphatic heterocycles. The van der Waals surface area contributed by atoms with Gasteiger partial charge in [-0.2, -0.15) is 0 Å². The Morgan fingerprint density at radius 1 is 1.44 bits per heavy atom. The van der Waals surface area contributed by atoms with Crippen LogP contribution in [0, 0.1) is 12.8 Å². The highest BCUT2D eigenvalue weighted by Crippen LogP contribution is 2.25. The topological polar surface area (TPSA) is 12.5 Å². The van der Waals surface area contributed by atoms with Crippen molar-refractivity contribution in [2.75, 3.05) is 26.2 Å². The summed E-state index contributed by atoms with van der Waals surface area (Å²) in [4.78, 5) is 2.51. The van der Waals surface area contributed by atoms with Gasteiger partial charge < -0.3 is 4.74 Å². The lowest BCUT2D eigenvalue weighted by molar-refractivity contribution is 0.153. The Morgan fingerprint density at radius 3 is 3.06 bits per heavy atom. The van der Waals surface area contributed by atoms with Crippen LogP contribution in [0.4, 0.5) is 0 Å². The molecule has 0 spiro atoms. The van der Waals surface area contributed by atoms with Gasteiger partial charge in [0.15, 0.2) is 0 Å². The zero-order chi connectivity index (χ0) is 13.0. The van der Waals surface area contributed by atoms with Gasteiger partial charge in [0.1, 0.15) is 12.4 Å². The first-order chi connectivity index (χ1) is 8.65. The average molecular weight is 312 g/mol. The van der Waals surface area contributed by atoms with Crippen molar-refractivity contribution in [3.63, 3.8) is 0 Å². The zero-order valence-electron chi connectivity index (χ0n) is 11.3. The third-order valence-electron chi connectivity index (χ3n) is 3.49. The third kappa shape index (κ3) is 3.99. The van der Waals surface area contributed by atoms with Crippen LogP contribution in [0.15, 0.2) is 22.7 Å². The van der Waals surface area contributed by atoms with Crippen molar-refractivity contribution < 1.29 is 4.74 Å². The van der Waals surface area contributed by atoms with Gasteiger partial charge in [-0.3, -0.25) is 4.90 Å². The number of benzene rings is 1. The molecule has 1 aliphatic rings. The van der Waals surface area contributed by atoms with E-state index in [2.05, 4.69) is 46.8 Å². The predicted molar refractivity (Wildman–Crippen MR) is 79.2 cm³/mol. The van der Waals surface area contributed by atoms with Crippen LogP contribution in [0.2, 0.25) is 0 Å². The molecule has 1 aromatic rings. The zero-order valence-corrected chi connectivity index (χ0v) is 12.9. The van der Waals surface area contributed by atoms with Crippen molar-refractivity contribution in [3.8, 4) is 5.75 Å². The summed E-state index contributed by atoms with van der Waals surface area (Å²) in [7, 11) is 0. The molecule has 0 aliphatic carbocycles. The van der Waals surface area contributed by atoms with Gasteiger partial charge in [0.2, 0.25) is 0 Å². The van der Waals surface area contributed by atoms with E-state index in [9.17, 15) is 0 Å². The van der Waals surface area contributed by atoms with Crippen LogP contribution in [-0.2, 0) is 0 Å². The summed E-state index contributed by atoms with van der Waals surface area (Å²) in [6.45, 7) is 8.68. The van der Waals surface area contributed by atoms with Gasteiger partial charge >= 0.3 is 0 Å². The van der Waals surface area contributed by atoms with Gasteiger partial charge in [-0.05, 0) is 65.9 Å². The van der Waals surface area contributed by atoms with E-state index >= 15 is 0 Å². The van der Waals surface area contributed by atoms with Gasteiger partial charge in [-0.25, -0.2) is 0 Å². The van der Waals surface area contributed by atoms with E-state index in [0.29, 0.717) is 0 Å². The molecular formula is C15H22BrNO. The summed E-state index contributed by atoms with van der Waals surface area (Å²) in [5.41, 5.74) is 1.24. The lowest BCUT2D eigenvalue weighted by atomic mass is 10.0. The van der Waals surface area contributed by atoms with Crippen LogP contribution in [0.3, 0.4) is 0 Å². The second-order valence-electron chi connectivity index (χ2n) is 5.33. The van der Waals surface area contributed by atoms with Crippen molar-refractivity contribution in [3.05, 3.63) is 28.2 Å². The lowest BCUT2D eigenvalue weighted by Crippen LogP contribution is -2.37. The summed E-state index contributed by atoms with van der Waals surface area (Å²) in [5, 5.41) is 0. The van der Waals surface area contributed by atoms with Crippen molar-refractivity contribution in [1.82, 2.24) is 4.90 Å². The molecule has 18 heavy (non-hydrogen) atoms. The number of hydrogen-bond acceptors (Lipinski definition) is 2. The highest BCUT2D eigenvalue weighted by molar-refractivity contribution is 9.10. The molecule has 0 saturated carbocycles. The minimum Gasteiger partial charge on any atom is -0.491 e. The highest BCUT2D eigenvalue weighted by Gasteiger charge is 2.15. The normalized spacial score (nSPS) is 20.9. The van der Waals surface area contributed by atoms with E-state index in [-0.39, 0.29) is 0 Å². The number of rotatable bonds is 4. The molecule has 0 amide bonds. The summed E-state index contributed by atoms with van der Waals surface area (Å²) in [6, 6.07) is 6.22. The number of nitrogens with zero attached hydrogens (tertiary/aromatic N) is 1. The maximum atomic E-state index is 5.87. The number of likely N-dealkylation sites (tertiary alicyclic amines) is 1. The Labute approximate surface area is 118 Å². The number of piperidine rings is 1. The molecule has 2 rings (SSSR count). The van der Waals surface area contributed by atoms with Gasteiger partial charge in [-0.1, -0.05) is 13.0 Å². The molecule has 1 heterocycles. The fourth-order valence-electron chi connectivity index (χ4n) is 2.50. The highest BCUT2D eigenvalue weighted by atomic mass is 79.9. The van der Waals surface area contributed by atoms with Crippen LogP contribution in [-0.4, -0.2) is 31.1 Å². The SMILES string of the molecule is Cc1ccc(Br)c(OCCN2CCCC(C)C2)c1. The minimum atomic E-state index is 0.773. The lowest BCUT2D eigenvalue weighted by Gasteiger charge is -2.30.